The maximum absolute atomic E-state index is 13.4. The summed E-state index contributed by atoms with van der Waals surface area (Å²) in [6.07, 6.45) is 3.37. The fourth-order valence-electron chi connectivity index (χ4n) is 2.74. The number of ether oxygens (including phenoxy) is 1. The maximum Gasteiger partial charge on any atom is 0.161 e. The van der Waals surface area contributed by atoms with Gasteiger partial charge in [0.05, 0.1) is 25.2 Å². The second-order valence-corrected chi connectivity index (χ2v) is 5.55. The van der Waals surface area contributed by atoms with Crippen molar-refractivity contribution in [3.63, 3.8) is 0 Å². The Hall–Kier alpha value is -3.41. The van der Waals surface area contributed by atoms with Gasteiger partial charge in [0.25, 0.3) is 0 Å². The minimum Gasteiger partial charge on any atom is -0.504 e. The molecule has 0 unspecified atom stereocenters. The molecule has 0 aliphatic carbocycles. The molecule has 2 heterocycles. The lowest BCUT2D eigenvalue weighted by Crippen LogP contribution is -1.95. The fraction of sp³-hybridized carbons (Fsp3) is 0.0526. The smallest absolute Gasteiger partial charge is 0.161 e. The summed E-state index contributed by atoms with van der Waals surface area (Å²) in [6.45, 7) is 0. The third kappa shape index (κ3) is 2.67. The quantitative estimate of drug-likeness (QED) is 0.616. The number of aromatic nitrogens is 3. The summed E-state index contributed by atoms with van der Waals surface area (Å²) in [4.78, 5) is 4.38. The topological polar surface area (TPSA) is 59.7 Å². The van der Waals surface area contributed by atoms with Crippen molar-refractivity contribution in [3.05, 3.63) is 66.7 Å². The zero-order chi connectivity index (χ0) is 17.4. The molecule has 0 spiro atoms. The Morgan fingerprint density at radius 2 is 1.88 bits per heavy atom. The first-order chi connectivity index (χ1) is 12.2. The van der Waals surface area contributed by atoms with Crippen LogP contribution in [-0.4, -0.2) is 26.8 Å². The van der Waals surface area contributed by atoms with Crippen LogP contribution in [0.5, 0.6) is 11.5 Å². The van der Waals surface area contributed by atoms with Crippen LogP contribution in [0.25, 0.3) is 28.0 Å². The van der Waals surface area contributed by atoms with Gasteiger partial charge in [0, 0.05) is 11.1 Å². The molecule has 2 aromatic heterocycles. The largest absolute Gasteiger partial charge is 0.504 e. The number of rotatable bonds is 3. The van der Waals surface area contributed by atoms with Gasteiger partial charge in [-0.3, -0.25) is 0 Å². The van der Waals surface area contributed by atoms with Crippen molar-refractivity contribution in [2.45, 2.75) is 0 Å². The van der Waals surface area contributed by atoms with Crippen LogP contribution in [0.1, 0.15) is 0 Å². The van der Waals surface area contributed by atoms with E-state index in [0.717, 1.165) is 22.4 Å². The lowest BCUT2D eigenvalue weighted by molar-refractivity contribution is 0.373. The molecule has 0 saturated heterocycles. The van der Waals surface area contributed by atoms with Crippen molar-refractivity contribution >= 4 is 5.65 Å². The lowest BCUT2D eigenvalue weighted by Gasteiger charge is -2.07. The van der Waals surface area contributed by atoms with Crippen molar-refractivity contribution in [1.29, 1.82) is 0 Å². The number of methoxy groups -OCH3 is 1. The SMILES string of the molecule is COc1cc(-c2cnc3cc(-c4cccc(F)c4)cnn23)ccc1O. The normalized spacial score (nSPS) is 11.0. The molecular formula is C19H14FN3O2. The minimum atomic E-state index is -0.294. The van der Waals surface area contributed by atoms with Gasteiger partial charge in [0.15, 0.2) is 17.1 Å². The number of hydrogen-bond acceptors (Lipinski definition) is 4. The summed E-state index contributed by atoms with van der Waals surface area (Å²) in [7, 11) is 1.50. The van der Waals surface area contributed by atoms with Crippen LogP contribution < -0.4 is 4.74 Å². The Kier molecular flexibility index (Phi) is 3.57. The van der Waals surface area contributed by atoms with Crippen molar-refractivity contribution < 1.29 is 14.2 Å². The average molecular weight is 335 g/mol. The van der Waals surface area contributed by atoms with Crippen LogP contribution in [0.15, 0.2) is 60.9 Å². The van der Waals surface area contributed by atoms with E-state index in [0.29, 0.717) is 11.4 Å². The Morgan fingerprint density at radius 1 is 1.00 bits per heavy atom. The van der Waals surface area contributed by atoms with Crippen LogP contribution in [0, 0.1) is 5.82 Å². The van der Waals surface area contributed by atoms with Crippen molar-refractivity contribution in [3.8, 4) is 33.9 Å². The molecule has 1 N–H and O–H groups in total. The number of nitrogens with zero attached hydrogens (tertiary/aromatic N) is 3. The van der Waals surface area contributed by atoms with Crippen LogP contribution in [0.3, 0.4) is 0 Å². The van der Waals surface area contributed by atoms with Crippen LogP contribution >= 0.6 is 0 Å². The molecule has 6 heteroatoms. The van der Waals surface area contributed by atoms with Gasteiger partial charge in [-0.2, -0.15) is 5.10 Å². The first-order valence-corrected chi connectivity index (χ1v) is 7.63. The van der Waals surface area contributed by atoms with E-state index in [1.807, 2.05) is 12.1 Å². The molecule has 0 aliphatic heterocycles. The molecular weight excluding hydrogens is 321 g/mol. The number of imidazole rings is 1. The molecule has 0 saturated carbocycles. The molecule has 5 nitrogen and oxygen atoms in total. The number of phenolic OH excluding ortho intramolecular Hbond substituents is 1. The number of hydrogen-bond donors (Lipinski definition) is 1. The van der Waals surface area contributed by atoms with Crippen molar-refractivity contribution in [1.82, 2.24) is 14.6 Å². The molecule has 0 atom stereocenters. The van der Waals surface area contributed by atoms with E-state index in [9.17, 15) is 9.50 Å². The molecule has 4 aromatic rings. The fourth-order valence-corrected chi connectivity index (χ4v) is 2.74. The summed E-state index contributed by atoms with van der Waals surface area (Å²) < 4.78 is 20.3. The standard InChI is InChI=1S/C19H14FN3O2/c1-25-18-8-13(5-6-17(18)24)16-11-21-19-9-14(10-22-23(16)19)12-3-2-4-15(20)7-12/h2-11,24H,1H3. The van der Waals surface area contributed by atoms with Gasteiger partial charge < -0.3 is 9.84 Å². The van der Waals surface area contributed by atoms with E-state index >= 15 is 0 Å². The van der Waals surface area contributed by atoms with Gasteiger partial charge in [-0.05, 0) is 42.0 Å². The third-order valence-corrected chi connectivity index (χ3v) is 3.99. The zero-order valence-corrected chi connectivity index (χ0v) is 13.3. The summed E-state index contributed by atoms with van der Waals surface area (Å²) in [5.41, 5.74) is 3.74. The Bertz CT molecular complexity index is 1080. The zero-order valence-electron chi connectivity index (χ0n) is 13.3. The Morgan fingerprint density at radius 3 is 2.68 bits per heavy atom. The van der Waals surface area contributed by atoms with Gasteiger partial charge in [-0.15, -0.1) is 0 Å². The van der Waals surface area contributed by atoms with E-state index in [1.165, 1.54) is 19.2 Å². The van der Waals surface area contributed by atoms with E-state index < -0.39 is 0 Å². The van der Waals surface area contributed by atoms with E-state index in [1.54, 1.807) is 41.2 Å². The van der Waals surface area contributed by atoms with Gasteiger partial charge in [0.1, 0.15) is 5.82 Å². The lowest BCUT2D eigenvalue weighted by atomic mass is 10.1. The van der Waals surface area contributed by atoms with Crippen LogP contribution in [-0.2, 0) is 0 Å². The predicted octanol–water partition coefficient (Wildman–Crippen LogP) is 3.92. The van der Waals surface area contributed by atoms with E-state index in [2.05, 4.69) is 10.1 Å². The summed E-state index contributed by atoms with van der Waals surface area (Å²) >= 11 is 0. The van der Waals surface area contributed by atoms with Gasteiger partial charge in [-0.1, -0.05) is 12.1 Å². The monoisotopic (exact) mass is 335 g/mol. The Labute approximate surface area is 143 Å². The second kappa shape index (κ2) is 5.90. The van der Waals surface area contributed by atoms with Crippen LogP contribution in [0.4, 0.5) is 4.39 Å². The number of halogens is 1. The first kappa shape index (κ1) is 15.1. The summed E-state index contributed by atoms with van der Waals surface area (Å²) in [6, 6.07) is 13.3. The Balaban J connectivity index is 1.81. The number of aromatic hydroxyl groups is 1. The highest BCUT2D eigenvalue weighted by Gasteiger charge is 2.11. The minimum absolute atomic E-state index is 0.0708. The van der Waals surface area contributed by atoms with Crippen LogP contribution in [0.2, 0.25) is 0 Å². The molecule has 25 heavy (non-hydrogen) atoms. The molecule has 0 aliphatic rings. The molecule has 4 rings (SSSR count). The summed E-state index contributed by atoms with van der Waals surface area (Å²) in [5.74, 6) is 0.155. The predicted molar refractivity (Wildman–Crippen MR) is 92.0 cm³/mol. The highest BCUT2D eigenvalue weighted by atomic mass is 19.1. The molecule has 0 radical (unpaired) electrons. The molecule has 124 valence electrons. The van der Waals surface area contributed by atoms with Crippen molar-refractivity contribution in [2.75, 3.05) is 7.11 Å². The molecule has 2 aromatic carbocycles. The molecule has 0 amide bonds. The first-order valence-electron chi connectivity index (χ1n) is 7.63. The second-order valence-electron chi connectivity index (χ2n) is 5.55. The highest BCUT2D eigenvalue weighted by Crippen LogP contribution is 2.32. The summed E-state index contributed by atoms with van der Waals surface area (Å²) in [5, 5.41) is 14.2. The van der Waals surface area contributed by atoms with E-state index in [4.69, 9.17) is 4.74 Å². The van der Waals surface area contributed by atoms with Gasteiger partial charge in [0.2, 0.25) is 0 Å². The number of benzene rings is 2. The molecule has 0 fully saturated rings. The molecule has 0 bridgehead atoms. The third-order valence-electron chi connectivity index (χ3n) is 3.99. The maximum atomic E-state index is 13.4. The number of phenols is 1. The highest BCUT2D eigenvalue weighted by molar-refractivity contribution is 5.70. The number of fused-ring (bicyclic) bond motifs is 1. The average Bonchev–Trinajstić information content (AvgIpc) is 3.05. The van der Waals surface area contributed by atoms with Gasteiger partial charge >= 0.3 is 0 Å². The van der Waals surface area contributed by atoms with Gasteiger partial charge in [-0.25, -0.2) is 13.9 Å². The van der Waals surface area contributed by atoms with Crippen molar-refractivity contribution in [2.24, 2.45) is 0 Å². The van der Waals surface area contributed by atoms with E-state index in [-0.39, 0.29) is 11.6 Å².